The molecule has 1 saturated heterocycles. The Kier molecular flexibility index (Phi) is 5.22. The molecule has 2 atom stereocenters. The van der Waals surface area contributed by atoms with E-state index in [1.807, 2.05) is 30.3 Å². The lowest BCUT2D eigenvalue weighted by Gasteiger charge is -2.25. The van der Waals surface area contributed by atoms with Crippen molar-refractivity contribution in [1.29, 1.82) is 0 Å². The van der Waals surface area contributed by atoms with Crippen LogP contribution in [0.25, 0.3) is 10.4 Å². The van der Waals surface area contributed by atoms with Gasteiger partial charge in [-0.1, -0.05) is 41.7 Å². The minimum atomic E-state index is -0.706. The average Bonchev–Trinajstić information content (AvgIpc) is 3.44. The minimum Gasteiger partial charge on any atom is -0.467 e. The lowest BCUT2D eigenvalue weighted by atomic mass is 10.1. The standard InChI is InChI=1S/C20H21N3O3S/c24-16(17-9-5-11-26-17)12-15-8-4-10-23(15)20(25)22-19-21-13-18(27-19)14-6-2-1-3-7-14/h1-3,5-7,9,11,13,15-16,24H,4,8,10,12H2,(H,21,22,25)/t15-,16+/m0/s1. The van der Waals surface area contributed by atoms with Gasteiger partial charge in [-0.15, -0.1) is 0 Å². The highest BCUT2D eigenvalue weighted by atomic mass is 32.1. The number of likely N-dealkylation sites (tertiary alicyclic amines) is 1. The number of thiazole rings is 1. The summed E-state index contributed by atoms with van der Waals surface area (Å²) in [5.74, 6) is 0.537. The Labute approximate surface area is 161 Å². The van der Waals surface area contributed by atoms with E-state index in [0.717, 1.165) is 23.3 Å². The van der Waals surface area contributed by atoms with E-state index in [2.05, 4.69) is 10.3 Å². The van der Waals surface area contributed by atoms with Gasteiger partial charge in [0.15, 0.2) is 5.13 Å². The van der Waals surface area contributed by atoms with E-state index >= 15 is 0 Å². The molecule has 3 heterocycles. The van der Waals surface area contributed by atoms with Crippen molar-refractivity contribution in [3.05, 3.63) is 60.7 Å². The van der Waals surface area contributed by atoms with Crippen molar-refractivity contribution < 1.29 is 14.3 Å². The summed E-state index contributed by atoms with van der Waals surface area (Å²) < 4.78 is 5.26. The van der Waals surface area contributed by atoms with Crippen LogP contribution in [0.1, 0.15) is 31.1 Å². The number of aliphatic hydroxyl groups excluding tert-OH is 1. The molecule has 6 nitrogen and oxygen atoms in total. The van der Waals surface area contributed by atoms with Gasteiger partial charge in [-0.3, -0.25) is 5.32 Å². The molecule has 2 amide bonds. The van der Waals surface area contributed by atoms with Crippen LogP contribution in [0.15, 0.2) is 59.3 Å². The van der Waals surface area contributed by atoms with Gasteiger partial charge in [0.25, 0.3) is 0 Å². The number of hydrogen-bond donors (Lipinski definition) is 2. The summed E-state index contributed by atoms with van der Waals surface area (Å²) in [5.41, 5.74) is 1.08. The molecule has 2 aromatic heterocycles. The lowest BCUT2D eigenvalue weighted by Crippen LogP contribution is -2.39. The van der Waals surface area contributed by atoms with Crippen molar-refractivity contribution in [2.75, 3.05) is 11.9 Å². The lowest BCUT2D eigenvalue weighted by molar-refractivity contribution is 0.110. The molecule has 7 heteroatoms. The average molecular weight is 383 g/mol. The third kappa shape index (κ3) is 4.04. The Bertz CT molecular complexity index is 879. The Morgan fingerprint density at radius 2 is 2.19 bits per heavy atom. The molecule has 1 aromatic carbocycles. The van der Waals surface area contributed by atoms with Gasteiger partial charge in [0.05, 0.1) is 11.1 Å². The Morgan fingerprint density at radius 3 is 2.96 bits per heavy atom. The number of nitrogens with one attached hydrogen (secondary N) is 1. The molecule has 0 spiro atoms. The van der Waals surface area contributed by atoms with E-state index in [0.29, 0.717) is 23.9 Å². The maximum absolute atomic E-state index is 12.7. The predicted octanol–water partition coefficient (Wildman–Crippen LogP) is 4.52. The molecule has 0 unspecified atom stereocenters. The van der Waals surface area contributed by atoms with Gasteiger partial charge in [0, 0.05) is 25.2 Å². The van der Waals surface area contributed by atoms with E-state index in [1.54, 1.807) is 29.5 Å². The van der Waals surface area contributed by atoms with Crippen LogP contribution in [-0.2, 0) is 0 Å². The van der Waals surface area contributed by atoms with Crippen LogP contribution in [0, 0.1) is 0 Å². The summed E-state index contributed by atoms with van der Waals surface area (Å²) in [6, 6.07) is 13.3. The van der Waals surface area contributed by atoms with Crippen molar-refractivity contribution in [1.82, 2.24) is 9.88 Å². The maximum Gasteiger partial charge on any atom is 0.323 e. The fraction of sp³-hybridized carbons (Fsp3) is 0.300. The van der Waals surface area contributed by atoms with Gasteiger partial charge in [-0.25, -0.2) is 9.78 Å². The number of aliphatic hydroxyl groups is 1. The Hall–Kier alpha value is -2.64. The summed E-state index contributed by atoms with van der Waals surface area (Å²) in [6.07, 6.45) is 4.88. The number of rotatable bonds is 5. The number of nitrogens with zero attached hydrogens (tertiary/aromatic N) is 2. The van der Waals surface area contributed by atoms with Crippen molar-refractivity contribution in [3.63, 3.8) is 0 Å². The summed E-state index contributed by atoms with van der Waals surface area (Å²) in [7, 11) is 0. The number of hydrogen-bond acceptors (Lipinski definition) is 5. The summed E-state index contributed by atoms with van der Waals surface area (Å²) in [6.45, 7) is 0.679. The molecule has 1 aliphatic heterocycles. The number of benzene rings is 1. The number of aromatic nitrogens is 1. The third-order valence-corrected chi connectivity index (χ3v) is 5.74. The minimum absolute atomic E-state index is 0.0151. The smallest absolute Gasteiger partial charge is 0.323 e. The fourth-order valence-electron chi connectivity index (χ4n) is 3.43. The molecule has 1 fully saturated rings. The highest BCUT2D eigenvalue weighted by Crippen LogP contribution is 2.31. The number of anilines is 1. The summed E-state index contributed by atoms with van der Waals surface area (Å²) in [4.78, 5) is 19.8. The molecule has 0 bridgehead atoms. The Morgan fingerprint density at radius 1 is 1.33 bits per heavy atom. The number of furan rings is 1. The molecule has 140 valence electrons. The van der Waals surface area contributed by atoms with Crippen LogP contribution in [0.3, 0.4) is 0 Å². The predicted molar refractivity (Wildman–Crippen MR) is 105 cm³/mol. The van der Waals surface area contributed by atoms with Crippen molar-refractivity contribution in [2.45, 2.75) is 31.4 Å². The van der Waals surface area contributed by atoms with Crippen LogP contribution in [-0.4, -0.2) is 33.6 Å². The van der Waals surface area contributed by atoms with Crippen LogP contribution in [0.2, 0.25) is 0 Å². The third-order valence-electron chi connectivity index (χ3n) is 4.78. The highest BCUT2D eigenvalue weighted by Gasteiger charge is 2.31. The topological polar surface area (TPSA) is 78.6 Å². The molecule has 3 aromatic rings. The maximum atomic E-state index is 12.7. The van der Waals surface area contributed by atoms with Gasteiger partial charge in [-0.2, -0.15) is 0 Å². The molecule has 4 rings (SSSR count). The molecule has 2 N–H and O–H groups in total. The first kappa shape index (κ1) is 17.8. The van der Waals surface area contributed by atoms with Crippen molar-refractivity contribution >= 4 is 22.5 Å². The van der Waals surface area contributed by atoms with Gasteiger partial charge in [-0.05, 0) is 30.5 Å². The zero-order valence-electron chi connectivity index (χ0n) is 14.7. The quantitative estimate of drug-likeness (QED) is 0.679. The molecule has 0 radical (unpaired) electrons. The first-order valence-corrected chi connectivity index (χ1v) is 9.82. The van der Waals surface area contributed by atoms with E-state index in [-0.39, 0.29) is 12.1 Å². The zero-order valence-corrected chi connectivity index (χ0v) is 15.6. The van der Waals surface area contributed by atoms with E-state index in [4.69, 9.17) is 4.42 Å². The van der Waals surface area contributed by atoms with E-state index < -0.39 is 6.10 Å². The SMILES string of the molecule is O=C(Nc1ncc(-c2ccccc2)s1)N1CCC[C@H]1C[C@@H](O)c1ccco1. The monoisotopic (exact) mass is 383 g/mol. The number of carbonyl (C=O) groups is 1. The largest absolute Gasteiger partial charge is 0.467 e. The van der Waals surface area contributed by atoms with E-state index in [1.165, 1.54) is 11.3 Å². The van der Waals surface area contributed by atoms with Gasteiger partial charge in [0.1, 0.15) is 11.9 Å². The second kappa shape index (κ2) is 7.94. The van der Waals surface area contributed by atoms with Gasteiger partial charge < -0.3 is 14.4 Å². The van der Waals surface area contributed by atoms with Crippen molar-refractivity contribution in [3.8, 4) is 10.4 Å². The molecule has 1 aliphatic rings. The number of carbonyl (C=O) groups excluding carboxylic acids is 1. The second-order valence-electron chi connectivity index (χ2n) is 6.58. The van der Waals surface area contributed by atoms with Crippen LogP contribution >= 0.6 is 11.3 Å². The molecular weight excluding hydrogens is 362 g/mol. The number of urea groups is 1. The summed E-state index contributed by atoms with van der Waals surface area (Å²) in [5, 5.41) is 13.8. The normalized spacial score (nSPS) is 17.8. The zero-order chi connectivity index (χ0) is 18.6. The van der Waals surface area contributed by atoms with Crippen LogP contribution < -0.4 is 5.32 Å². The van der Waals surface area contributed by atoms with E-state index in [9.17, 15) is 9.90 Å². The fourth-order valence-corrected chi connectivity index (χ4v) is 4.25. The first-order valence-electron chi connectivity index (χ1n) is 9.01. The number of amides is 2. The second-order valence-corrected chi connectivity index (χ2v) is 7.61. The van der Waals surface area contributed by atoms with Crippen LogP contribution in [0.5, 0.6) is 0 Å². The molecule has 0 saturated carbocycles. The van der Waals surface area contributed by atoms with Crippen LogP contribution in [0.4, 0.5) is 9.93 Å². The first-order chi connectivity index (χ1) is 13.2. The summed E-state index contributed by atoms with van der Waals surface area (Å²) >= 11 is 1.45. The molecule has 0 aliphatic carbocycles. The molecule has 27 heavy (non-hydrogen) atoms. The van der Waals surface area contributed by atoms with Gasteiger partial charge in [0.2, 0.25) is 0 Å². The van der Waals surface area contributed by atoms with Gasteiger partial charge >= 0.3 is 6.03 Å². The highest BCUT2D eigenvalue weighted by molar-refractivity contribution is 7.19. The Balaban J connectivity index is 1.39. The van der Waals surface area contributed by atoms with Crippen molar-refractivity contribution in [2.24, 2.45) is 0 Å². The molecular formula is C20H21N3O3S.